The van der Waals surface area contributed by atoms with Crippen LogP contribution in [-0.4, -0.2) is 0 Å². The fraction of sp³-hybridized carbons (Fsp3) is 0.211. The summed E-state index contributed by atoms with van der Waals surface area (Å²) in [6.45, 7) is 4.42. The monoisotopic (exact) mass is 698 g/mol. The van der Waals surface area contributed by atoms with Gasteiger partial charge in [0.2, 0.25) is 0 Å². The van der Waals surface area contributed by atoms with Crippen LogP contribution < -0.4 is 9.80 Å². The quantitative estimate of drug-likeness (QED) is 0.128. The van der Waals surface area contributed by atoms with E-state index in [1.165, 1.54) is 24.0 Å². The van der Waals surface area contributed by atoms with Crippen LogP contribution in [0.15, 0.2) is 124 Å². The van der Waals surface area contributed by atoms with Gasteiger partial charge < -0.3 is 9.80 Å². The first-order chi connectivity index (χ1) is 21.0. The largest absolute Gasteiger partial charge is 0.310 e. The number of hydrogen-bond acceptors (Lipinski definition) is 2. The Morgan fingerprint density at radius 1 is 0.488 bits per heavy atom. The SMILES string of the molecule is CCCCc1ccc(N(c2ccc(Br)cc2)c2ccc(N(c3ccc(Br)cc3)c3ccc(CCCC)cc3)c(F)c2)cc1. The van der Waals surface area contributed by atoms with Crippen molar-refractivity contribution in [3.05, 3.63) is 141 Å². The lowest BCUT2D eigenvalue weighted by Gasteiger charge is -2.29. The molecule has 2 nitrogen and oxygen atoms in total. The van der Waals surface area contributed by atoms with Gasteiger partial charge in [-0.3, -0.25) is 0 Å². The van der Waals surface area contributed by atoms with Gasteiger partial charge in [0, 0.05) is 43.4 Å². The van der Waals surface area contributed by atoms with Crippen molar-refractivity contribution in [2.24, 2.45) is 0 Å². The molecule has 0 bridgehead atoms. The number of rotatable bonds is 12. The Bertz CT molecular complexity index is 1600. The van der Waals surface area contributed by atoms with E-state index in [-0.39, 0.29) is 5.82 Å². The fourth-order valence-corrected chi connectivity index (χ4v) is 5.78. The van der Waals surface area contributed by atoms with Crippen molar-refractivity contribution in [2.45, 2.75) is 52.4 Å². The van der Waals surface area contributed by atoms with Crippen molar-refractivity contribution in [2.75, 3.05) is 9.80 Å². The molecule has 5 aromatic rings. The number of anilines is 6. The van der Waals surface area contributed by atoms with Gasteiger partial charge in [-0.05, 0) is 122 Å². The third-order valence-corrected chi connectivity index (χ3v) is 8.68. The molecule has 0 unspecified atom stereocenters. The Labute approximate surface area is 272 Å². The van der Waals surface area contributed by atoms with Gasteiger partial charge in [0.05, 0.1) is 5.69 Å². The van der Waals surface area contributed by atoms with Gasteiger partial charge in [-0.1, -0.05) is 82.8 Å². The first-order valence-electron chi connectivity index (χ1n) is 15.1. The zero-order valence-electron chi connectivity index (χ0n) is 24.7. The van der Waals surface area contributed by atoms with Crippen LogP contribution in [0.5, 0.6) is 0 Å². The molecule has 0 aromatic heterocycles. The molecule has 0 spiro atoms. The standard InChI is InChI=1S/C38H37Br2FN2/c1-3-5-7-28-9-17-32(18-10-28)42(33-21-13-30(39)14-22-33)36-25-26-38(37(41)27-36)43(35-23-15-31(40)16-24-35)34-19-11-29(12-20-34)8-6-4-2/h9-27H,3-8H2,1-2H3. The van der Waals surface area contributed by atoms with Crippen LogP contribution >= 0.6 is 31.9 Å². The van der Waals surface area contributed by atoms with Crippen LogP contribution in [0.1, 0.15) is 50.7 Å². The van der Waals surface area contributed by atoms with E-state index in [2.05, 4.69) is 111 Å². The van der Waals surface area contributed by atoms with Crippen LogP contribution in [0, 0.1) is 5.82 Å². The predicted molar refractivity (Wildman–Crippen MR) is 188 cm³/mol. The number of unbranched alkanes of at least 4 members (excludes halogenated alkanes) is 2. The van der Waals surface area contributed by atoms with E-state index in [9.17, 15) is 0 Å². The summed E-state index contributed by atoms with van der Waals surface area (Å²) in [5.41, 5.74) is 7.63. The molecule has 5 aromatic carbocycles. The second kappa shape index (κ2) is 14.9. The molecule has 0 aliphatic heterocycles. The van der Waals surface area contributed by atoms with Gasteiger partial charge in [-0.2, -0.15) is 0 Å². The normalized spacial score (nSPS) is 11.0. The molecule has 0 fully saturated rings. The highest BCUT2D eigenvalue weighted by Gasteiger charge is 2.20. The number of benzene rings is 5. The summed E-state index contributed by atoms with van der Waals surface area (Å²) >= 11 is 7.10. The summed E-state index contributed by atoms with van der Waals surface area (Å²) in [6, 6.07) is 38.8. The Kier molecular flexibility index (Phi) is 10.7. The molecule has 5 heteroatoms. The highest BCUT2D eigenvalue weighted by molar-refractivity contribution is 9.10. The summed E-state index contributed by atoms with van der Waals surface area (Å²) in [4.78, 5) is 4.09. The molecule has 5 rings (SSSR count). The molecule has 0 atom stereocenters. The lowest BCUT2D eigenvalue weighted by Crippen LogP contribution is -2.14. The third kappa shape index (κ3) is 7.76. The molecule has 0 aliphatic rings. The third-order valence-electron chi connectivity index (χ3n) is 7.63. The molecule has 220 valence electrons. The molecule has 0 saturated carbocycles. The van der Waals surface area contributed by atoms with Gasteiger partial charge >= 0.3 is 0 Å². The van der Waals surface area contributed by atoms with Crippen LogP contribution in [0.25, 0.3) is 0 Å². The van der Waals surface area contributed by atoms with Crippen molar-refractivity contribution >= 4 is 66.0 Å². The second-order valence-corrected chi connectivity index (χ2v) is 12.6. The first-order valence-corrected chi connectivity index (χ1v) is 16.6. The van der Waals surface area contributed by atoms with Gasteiger partial charge in [-0.15, -0.1) is 0 Å². The van der Waals surface area contributed by atoms with Crippen molar-refractivity contribution in [3.8, 4) is 0 Å². The predicted octanol–water partition coefficient (Wildman–Crippen LogP) is 13.0. The van der Waals surface area contributed by atoms with Gasteiger partial charge in [0.1, 0.15) is 5.82 Å². The fourth-order valence-electron chi connectivity index (χ4n) is 5.26. The maximum absolute atomic E-state index is 16.4. The molecule has 0 heterocycles. The zero-order valence-corrected chi connectivity index (χ0v) is 27.9. The second-order valence-electron chi connectivity index (χ2n) is 10.8. The molecule has 43 heavy (non-hydrogen) atoms. The minimum absolute atomic E-state index is 0.294. The number of aryl methyl sites for hydroxylation is 2. The van der Waals surface area contributed by atoms with Crippen LogP contribution in [0.3, 0.4) is 0 Å². The summed E-state index contributed by atoms with van der Waals surface area (Å²) in [7, 11) is 0. The number of nitrogens with zero attached hydrogens (tertiary/aromatic N) is 2. The van der Waals surface area contributed by atoms with E-state index in [1.54, 1.807) is 6.07 Å². The topological polar surface area (TPSA) is 6.48 Å². The molecule has 0 saturated heterocycles. The summed E-state index contributed by atoms with van der Waals surface area (Å²) in [5, 5.41) is 0. The molecule has 0 amide bonds. The van der Waals surface area contributed by atoms with E-state index in [0.29, 0.717) is 5.69 Å². The minimum Gasteiger partial charge on any atom is -0.310 e. The van der Waals surface area contributed by atoms with Gasteiger partial charge in [-0.25, -0.2) is 4.39 Å². The Morgan fingerprint density at radius 2 is 0.860 bits per heavy atom. The average Bonchev–Trinajstić information content (AvgIpc) is 3.03. The first kappa shape index (κ1) is 31.0. The van der Waals surface area contributed by atoms with E-state index in [1.807, 2.05) is 53.4 Å². The van der Waals surface area contributed by atoms with Crippen molar-refractivity contribution < 1.29 is 4.39 Å². The molecule has 0 radical (unpaired) electrons. The van der Waals surface area contributed by atoms with Gasteiger partial charge in [0.15, 0.2) is 0 Å². The highest BCUT2D eigenvalue weighted by atomic mass is 79.9. The van der Waals surface area contributed by atoms with Crippen LogP contribution in [-0.2, 0) is 12.8 Å². The lowest BCUT2D eigenvalue weighted by molar-refractivity contribution is 0.629. The summed E-state index contributed by atoms with van der Waals surface area (Å²) in [5.74, 6) is -0.294. The lowest BCUT2D eigenvalue weighted by atomic mass is 10.1. The Morgan fingerprint density at radius 3 is 1.26 bits per heavy atom. The molecular weight excluding hydrogens is 663 g/mol. The number of hydrogen-bond donors (Lipinski definition) is 0. The average molecular weight is 701 g/mol. The van der Waals surface area contributed by atoms with Crippen molar-refractivity contribution in [1.82, 2.24) is 0 Å². The Hall–Kier alpha value is -3.41. The minimum atomic E-state index is -0.294. The zero-order chi connectivity index (χ0) is 30.2. The van der Waals surface area contributed by atoms with Crippen molar-refractivity contribution in [3.63, 3.8) is 0 Å². The van der Waals surface area contributed by atoms with E-state index in [4.69, 9.17) is 0 Å². The van der Waals surface area contributed by atoms with E-state index in [0.717, 1.165) is 63.1 Å². The highest BCUT2D eigenvalue weighted by Crippen LogP contribution is 2.41. The maximum atomic E-state index is 16.4. The summed E-state index contributed by atoms with van der Waals surface area (Å²) < 4.78 is 18.3. The number of halogens is 3. The van der Waals surface area contributed by atoms with E-state index < -0.39 is 0 Å². The van der Waals surface area contributed by atoms with Gasteiger partial charge in [0.25, 0.3) is 0 Å². The van der Waals surface area contributed by atoms with E-state index >= 15 is 4.39 Å². The van der Waals surface area contributed by atoms with Crippen molar-refractivity contribution in [1.29, 1.82) is 0 Å². The molecular formula is C38H37Br2FN2. The smallest absolute Gasteiger partial charge is 0.149 e. The summed E-state index contributed by atoms with van der Waals surface area (Å²) in [6.07, 6.45) is 6.75. The maximum Gasteiger partial charge on any atom is 0.149 e. The molecule has 0 aliphatic carbocycles. The van der Waals surface area contributed by atoms with Crippen LogP contribution in [0.2, 0.25) is 0 Å². The van der Waals surface area contributed by atoms with Crippen LogP contribution in [0.4, 0.5) is 38.5 Å². The molecule has 0 N–H and O–H groups in total. The Balaban J connectivity index is 1.55.